The highest BCUT2D eigenvalue weighted by Crippen LogP contribution is 2.33. The Bertz CT molecular complexity index is 330. The van der Waals surface area contributed by atoms with Crippen molar-refractivity contribution in [2.75, 3.05) is 40.3 Å². The van der Waals surface area contributed by atoms with Crippen LogP contribution in [0, 0.1) is 0 Å². The number of piperidine rings is 1. The summed E-state index contributed by atoms with van der Waals surface area (Å²) in [6.07, 6.45) is 10.5. The van der Waals surface area contributed by atoms with Crippen molar-refractivity contribution in [3.8, 4) is 0 Å². The first-order valence-corrected chi connectivity index (χ1v) is 8.78. The topological polar surface area (TPSA) is 18.5 Å². The second-order valence-corrected chi connectivity index (χ2v) is 7.56. The zero-order chi connectivity index (χ0) is 15.3. The molecule has 3 nitrogen and oxygen atoms in total. The lowest BCUT2D eigenvalue weighted by molar-refractivity contribution is 0.137. The fraction of sp³-hybridized carbons (Fsp3) is 0.889. The van der Waals surface area contributed by atoms with Crippen molar-refractivity contribution in [1.82, 2.24) is 15.1 Å². The molecule has 0 spiro atoms. The van der Waals surface area contributed by atoms with Crippen molar-refractivity contribution in [1.29, 1.82) is 0 Å². The van der Waals surface area contributed by atoms with Crippen LogP contribution in [-0.4, -0.2) is 61.7 Å². The minimum absolute atomic E-state index is 0.430. The van der Waals surface area contributed by atoms with E-state index in [-0.39, 0.29) is 0 Å². The molecule has 0 amide bonds. The molecule has 1 aliphatic heterocycles. The number of nitrogens with zero attached hydrogens (tertiary/aromatic N) is 2. The van der Waals surface area contributed by atoms with E-state index in [4.69, 9.17) is 0 Å². The zero-order valence-corrected chi connectivity index (χ0v) is 14.6. The van der Waals surface area contributed by atoms with Crippen LogP contribution in [0.15, 0.2) is 11.6 Å². The third kappa shape index (κ3) is 4.80. The van der Waals surface area contributed by atoms with E-state index < -0.39 is 0 Å². The molecule has 0 unspecified atom stereocenters. The standard InChI is InChI=1S/C18H35N3/c1-16(2)7-12-21-13-8-17(9-14-21)19-15-18(20(3)4)10-5-6-11-18/h7,17,19H,5-6,8-15H2,1-4H3. The van der Waals surface area contributed by atoms with Crippen LogP contribution in [0.5, 0.6) is 0 Å². The molecule has 1 aliphatic carbocycles. The van der Waals surface area contributed by atoms with Gasteiger partial charge in [0.1, 0.15) is 0 Å². The molecule has 0 aromatic carbocycles. The Morgan fingerprint density at radius 3 is 2.33 bits per heavy atom. The van der Waals surface area contributed by atoms with Gasteiger partial charge in [-0.1, -0.05) is 24.5 Å². The molecule has 2 aliphatic rings. The minimum Gasteiger partial charge on any atom is -0.312 e. The maximum Gasteiger partial charge on any atom is 0.0327 e. The van der Waals surface area contributed by atoms with E-state index >= 15 is 0 Å². The summed E-state index contributed by atoms with van der Waals surface area (Å²) < 4.78 is 0. The Labute approximate surface area is 131 Å². The number of likely N-dealkylation sites (N-methyl/N-ethyl adjacent to an activating group) is 1. The molecule has 0 bridgehead atoms. The Balaban J connectivity index is 1.72. The highest BCUT2D eigenvalue weighted by atomic mass is 15.2. The van der Waals surface area contributed by atoms with Crippen LogP contribution < -0.4 is 5.32 Å². The van der Waals surface area contributed by atoms with Gasteiger partial charge in [-0.05, 0) is 66.7 Å². The first-order valence-electron chi connectivity index (χ1n) is 8.78. The van der Waals surface area contributed by atoms with Gasteiger partial charge in [-0.15, -0.1) is 0 Å². The van der Waals surface area contributed by atoms with Crippen molar-refractivity contribution >= 4 is 0 Å². The average Bonchev–Trinajstić information content (AvgIpc) is 2.94. The van der Waals surface area contributed by atoms with Crippen LogP contribution >= 0.6 is 0 Å². The molecule has 0 atom stereocenters. The lowest BCUT2D eigenvalue weighted by atomic mass is 9.94. The minimum atomic E-state index is 0.430. The van der Waals surface area contributed by atoms with Gasteiger partial charge in [0, 0.05) is 24.7 Å². The van der Waals surface area contributed by atoms with Gasteiger partial charge < -0.3 is 10.2 Å². The van der Waals surface area contributed by atoms with E-state index in [1.807, 2.05) is 0 Å². The predicted octanol–water partition coefficient (Wildman–Crippen LogP) is 2.88. The van der Waals surface area contributed by atoms with E-state index in [0.29, 0.717) is 5.54 Å². The summed E-state index contributed by atoms with van der Waals surface area (Å²) >= 11 is 0. The lowest BCUT2D eigenvalue weighted by Gasteiger charge is -2.39. The van der Waals surface area contributed by atoms with Crippen molar-refractivity contribution in [2.45, 2.75) is 64.0 Å². The lowest BCUT2D eigenvalue weighted by Crippen LogP contribution is -2.53. The summed E-state index contributed by atoms with van der Waals surface area (Å²) in [5, 5.41) is 3.89. The molecule has 0 radical (unpaired) electrons. The second-order valence-electron chi connectivity index (χ2n) is 7.56. The highest BCUT2D eigenvalue weighted by Gasteiger charge is 2.36. The first-order chi connectivity index (χ1) is 10.0. The number of likely N-dealkylation sites (tertiary alicyclic amines) is 1. The molecule has 1 N–H and O–H groups in total. The van der Waals surface area contributed by atoms with E-state index in [9.17, 15) is 0 Å². The largest absolute Gasteiger partial charge is 0.312 e. The van der Waals surface area contributed by atoms with Gasteiger partial charge in [-0.2, -0.15) is 0 Å². The Morgan fingerprint density at radius 1 is 1.19 bits per heavy atom. The van der Waals surface area contributed by atoms with Gasteiger partial charge in [0.15, 0.2) is 0 Å². The number of hydrogen-bond acceptors (Lipinski definition) is 3. The number of rotatable bonds is 6. The van der Waals surface area contributed by atoms with Gasteiger partial charge >= 0.3 is 0 Å². The number of hydrogen-bond donors (Lipinski definition) is 1. The summed E-state index contributed by atoms with van der Waals surface area (Å²) in [4.78, 5) is 5.05. The van der Waals surface area contributed by atoms with E-state index in [2.05, 4.69) is 49.1 Å². The number of allylic oxidation sites excluding steroid dienone is 1. The molecule has 21 heavy (non-hydrogen) atoms. The third-order valence-electron chi connectivity index (χ3n) is 5.55. The van der Waals surface area contributed by atoms with Crippen LogP contribution in [0.25, 0.3) is 0 Å². The van der Waals surface area contributed by atoms with Crippen LogP contribution in [0.3, 0.4) is 0 Å². The Kier molecular flexibility index (Phi) is 6.27. The summed E-state index contributed by atoms with van der Waals surface area (Å²) in [5.41, 5.74) is 1.86. The van der Waals surface area contributed by atoms with Crippen molar-refractivity contribution < 1.29 is 0 Å². The molecule has 0 aromatic heterocycles. The first kappa shape index (κ1) is 17.0. The molecular formula is C18H35N3. The maximum atomic E-state index is 3.89. The maximum absolute atomic E-state index is 3.89. The smallest absolute Gasteiger partial charge is 0.0327 e. The summed E-state index contributed by atoms with van der Waals surface area (Å²) in [6, 6.07) is 0.727. The molecule has 1 saturated heterocycles. The molecule has 2 fully saturated rings. The third-order valence-corrected chi connectivity index (χ3v) is 5.55. The van der Waals surface area contributed by atoms with Gasteiger partial charge in [-0.25, -0.2) is 0 Å². The fourth-order valence-electron chi connectivity index (χ4n) is 3.78. The Hall–Kier alpha value is -0.380. The van der Waals surface area contributed by atoms with E-state index in [1.54, 1.807) is 0 Å². The Morgan fingerprint density at radius 2 is 1.81 bits per heavy atom. The summed E-state index contributed by atoms with van der Waals surface area (Å²) in [5.74, 6) is 0. The normalized spacial score (nSPS) is 23.7. The molecule has 2 rings (SSSR count). The quantitative estimate of drug-likeness (QED) is 0.760. The second kappa shape index (κ2) is 7.75. The molecule has 1 heterocycles. The van der Waals surface area contributed by atoms with E-state index in [1.165, 1.54) is 63.7 Å². The van der Waals surface area contributed by atoms with Crippen LogP contribution in [0.4, 0.5) is 0 Å². The molecule has 122 valence electrons. The van der Waals surface area contributed by atoms with Crippen LogP contribution in [-0.2, 0) is 0 Å². The molecule has 0 aromatic rings. The van der Waals surface area contributed by atoms with Crippen LogP contribution in [0.2, 0.25) is 0 Å². The monoisotopic (exact) mass is 293 g/mol. The average molecular weight is 293 g/mol. The van der Waals surface area contributed by atoms with Crippen molar-refractivity contribution in [3.63, 3.8) is 0 Å². The zero-order valence-electron chi connectivity index (χ0n) is 14.6. The molecule has 3 heteroatoms. The van der Waals surface area contributed by atoms with Gasteiger partial charge in [0.05, 0.1) is 0 Å². The van der Waals surface area contributed by atoms with Crippen LogP contribution in [0.1, 0.15) is 52.4 Å². The van der Waals surface area contributed by atoms with Gasteiger partial charge in [0.2, 0.25) is 0 Å². The van der Waals surface area contributed by atoms with E-state index in [0.717, 1.165) is 12.6 Å². The number of nitrogens with one attached hydrogen (secondary N) is 1. The summed E-state index contributed by atoms with van der Waals surface area (Å²) in [7, 11) is 4.52. The molecule has 1 saturated carbocycles. The van der Waals surface area contributed by atoms with Gasteiger partial charge in [-0.3, -0.25) is 4.90 Å². The van der Waals surface area contributed by atoms with Crippen molar-refractivity contribution in [2.24, 2.45) is 0 Å². The highest BCUT2D eigenvalue weighted by molar-refractivity contribution is 4.97. The fourth-order valence-corrected chi connectivity index (χ4v) is 3.78. The van der Waals surface area contributed by atoms with Crippen molar-refractivity contribution in [3.05, 3.63) is 11.6 Å². The summed E-state index contributed by atoms with van der Waals surface area (Å²) in [6.45, 7) is 9.19. The molecular weight excluding hydrogens is 258 g/mol. The predicted molar refractivity (Wildman–Crippen MR) is 91.8 cm³/mol. The van der Waals surface area contributed by atoms with Gasteiger partial charge in [0.25, 0.3) is 0 Å². The SMILES string of the molecule is CC(C)=CCN1CCC(NCC2(N(C)C)CCCC2)CC1.